The van der Waals surface area contributed by atoms with Gasteiger partial charge in [0.1, 0.15) is 0 Å². The molecule has 0 spiro atoms. The smallest absolute Gasteiger partial charge is 0.227 e. The number of carbonyl (C=O) groups is 1. The van der Waals surface area contributed by atoms with Crippen molar-refractivity contribution < 1.29 is 4.79 Å². The number of H-pyrrole nitrogens is 1. The third-order valence-electron chi connectivity index (χ3n) is 3.50. The summed E-state index contributed by atoms with van der Waals surface area (Å²) in [5, 5.41) is 2.15. The van der Waals surface area contributed by atoms with Gasteiger partial charge in [0.25, 0.3) is 0 Å². The van der Waals surface area contributed by atoms with Gasteiger partial charge >= 0.3 is 0 Å². The van der Waals surface area contributed by atoms with Crippen LogP contribution in [0.3, 0.4) is 0 Å². The minimum absolute atomic E-state index is 0.116. The summed E-state index contributed by atoms with van der Waals surface area (Å²) in [6, 6.07) is 8.05. The highest BCUT2D eigenvalue weighted by Crippen LogP contribution is 2.19. The Balaban J connectivity index is 1.70. The second-order valence-electron chi connectivity index (χ2n) is 5.13. The van der Waals surface area contributed by atoms with Crippen molar-refractivity contribution in [2.24, 2.45) is 0 Å². The largest absolute Gasteiger partial charge is 0.361 e. The van der Waals surface area contributed by atoms with E-state index >= 15 is 0 Å². The molecule has 0 saturated heterocycles. The predicted octanol–water partition coefficient (Wildman–Crippen LogP) is 3.13. The number of nitrogens with one attached hydrogen (secondary N) is 1. The zero-order valence-corrected chi connectivity index (χ0v) is 12.9. The van der Waals surface area contributed by atoms with E-state index in [-0.39, 0.29) is 5.91 Å². The topological polar surface area (TPSA) is 49.0 Å². The van der Waals surface area contributed by atoms with Crippen molar-refractivity contribution in [3.8, 4) is 0 Å². The number of aryl methyl sites for hydroxylation is 1. The Labute approximate surface area is 127 Å². The molecule has 1 amide bonds. The maximum absolute atomic E-state index is 12.4. The van der Waals surface area contributed by atoms with Gasteiger partial charge in [0.15, 0.2) is 0 Å². The summed E-state index contributed by atoms with van der Waals surface area (Å²) in [6.07, 6.45) is 4.18. The summed E-state index contributed by atoms with van der Waals surface area (Å²) in [5.41, 5.74) is 2.11. The Bertz CT molecular complexity index is 775. The van der Waals surface area contributed by atoms with Crippen molar-refractivity contribution in [1.29, 1.82) is 0 Å². The molecule has 1 N–H and O–H groups in total. The van der Waals surface area contributed by atoms with Crippen LogP contribution in [0.1, 0.15) is 15.4 Å². The summed E-state index contributed by atoms with van der Waals surface area (Å²) in [6.45, 7) is 2.59. The second-order valence-corrected chi connectivity index (χ2v) is 6.45. The fourth-order valence-corrected chi connectivity index (χ4v) is 3.22. The molecule has 0 unspecified atom stereocenters. The molecule has 0 fully saturated rings. The van der Waals surface area contributed by atoms with E-state index < -0.39 is 0 Å². The number of nitrogens with zero attached hydrogens (tertiary/aromatic N) is 2. The van der Waals surface area contributed by atoms with E-state index in [1.54, 1.807) is 16.2 Å². The third kappa shape index (κ3) is 2.97. The van der Waals surface area contributed by atoms with Crippen LogP contribution in [-0.4, -0.2) is 27.8 Å². The number of rotatable bonds is 4. The molecule has 2 aromatic heterocycles. The number of thiazole rings is 1. The van der Waals surface area contributed by atoms with Crippen LogP contribution in [0.25, 0.3) is 10.9 Å². The monoisotopic (exact) mass is 299 g/mol. The maximum atomic E-state index is 12.4. The molecule has 0 radical (unpaired) electrons. The molecule has 3 aromatic rings. The van der Waals surface area contributed by atoms with Crippen molar-refractivity contribution in [2.45, 2.75) is 19.9 Å². The van der Waals surface area contributed by atoms with Gasteiger partial charge in [-0.2, -0.15) is 0 Å². The summed E-state index contributed by atoms with van der Waals surface area (Å²) >= 11 is 1.63. The van der Waals surface area contributed by atoms with Crippen molar-refractivity contribution >= 4 is 28.1 Å². The fourth-order valence-electron chi connectivity index (χ4n) is 2.38. The highest BCUT2D eigenvalue weighted by molar-refractivity contribution is 7.11. The summed E-state index contributed by atoms with van der Waals surface area (Å²) in [5.74, 6) is 0.116. The fraction of sp³-hybridized carbons (Fsp3) is 0.250. The van der Waals surface area contributed by atoms with Gasteiger partial charge in [-0.15, -0.1) is 11.3 Å². The molecule has 0 saturated carbocycles. The molecule has 2 heterocycles. The number of aromatic amines is 1. The Morgan fingerprint density at radius 1 is 1.38 bits per heavy atom. The van der Waals surface area contributed by atoms with Gasteiger partial charge in [-0.3, -0.25) is 4.79 Å². The number of hydrogen-bond acceptors (Lipinski definition) is 3. The molecule has 0 aliphatic rings. The van der Waals surface area contributed by atoms with E-state index in [0.717, 1.165) is 26.4 Å². The Morgan fingerprint density at radius 2 is 2.19 bits per heavy atom. The Hall–Kier alpha value is -2.14. The number of fused-ring (bicyclic) bond motifs is 1. The van der Waals surface area contributed by atoms with Gasteiger partial charge in [-0.05, 0) is 18.6 Å². The van der Waals surface area contributed by atoms with E-state index in [1.807, 2.05) is 50.6 Å². The van der Waals surface area contributed by atoms with E-state index in [0.29, 0.717) is 13.0 Å². The lowest BCUT2D eigenvalue weighted by Gasteiger charge is -2.15. The van der Waals surface area contributed by atoms with Crippen LogP contribution in [-0.2, 0) is 17.8 Å². The minimum Gasteiger partial charge on any atom is -0.361 e. The molecule has 21 heavy (non-hydrogen) atoms. The molecule has 0 atom stereocenters. The van der Waals surface area contributed by atoms with Crippen LogP contribution < -0.4 is 0 Å². The highest BCUT2D eigenvalue weighted by Gasteiger charge is 2.13. The first-order valence-corrected chi connectivity index (χ1v) is 7.65. The predicted molar refractivity (Wildman–Crippen MR) is 85.3 cm³/mol. The van der Waals surface area contributed by atoms with Gasteiger partial charge < -0.3 is 9.88 Å². The van der Waals surface area contributed by atoms with Crippen LogP contribution >= 0.6 is 11.3 Å². The van der Waals surface area contributed by atoms with Crippen molar-refractivity contribution in [3.05, 3.63) is 52.1 Å². The van der Waals surface area contributed by atoms with Crippen molar-refractivity contribution in [3.63, 3.8) is 0 Å². The molecule has 5 heteroatoms. The van der Waals surface area contributed by atoms with Crippen LogP contribution in [0, 0.1) is 6.92 Å². The molecule has 1 aromatic carbocycles. The van der Waals surface area contributed by atoms with E-state index in [1.165, 1.54) is 0 Å². The number of para-hydroxylation sites is 1. The second kappa shape index (κ2) is 5.69. The zero-order chi connectivity index (χ0) is 14.8. The molecule has 4 nitrogen and oxygen atoms in total. The lowest BCUT2D eigenvalue weighted by molar-refractivity contribution is -0.129. The Morgan fingerprint density at radius 3 is 2.95 bits per heavy atom. The first kappa shape index (κ1) is 13.8. The number of amides is 1. The highest BCUT2D eigenvalue weighted by atomic mass is 32.1. The molecular formula is C16H17N3OS. The number of benzene rings is 1. The van der Waals surface area contributed by atoms with Crippen LogP contribution in [0.5, 0.6) is 0 Å². The third-order valence-corrected chi connectivity index (χ3v) is 4.40. The quantitative estimate of drug-likeness (QED) is 0.804. The zero-order valence-electron chi connectivity index (χ0n) is 12.1. The molecule has 108 valence electrons. The van der Waals surface area contributed by atoms with Gasteiger partial charge in [-0.25, -0.2) is 4.98 Å². The first-order chi connectivity index (χ1) is 10.1. The summed E-state index contributed by atoms with van der Waals surface area (Å²) in [4.78, 5) is 22.7. The van der Waals surface area contributed by atoms with E-state index in [2.05, 4.69) is 9.97 Å². The molecule has 0 aliphatic carbocycles. The van der Waals surface area contributed by atoms with Crippen molar-refractivity contribution in [2.75, 3.05) is 7.05 Å². The summed E-state index contributed by atoms with van der Waals surface area (Å²) in [7, 11) is 1.84. The van der Waals surface area contributed by atoms with Gasteiger partial charge in [0.05, 0.1) is 18.0 Å². The molecule has 3 rings (SSSR count). The number of aromatic nitrogens is 2. The number of likely N-dealkylation sites (N-methyl/N-ethyl adjacent to an activating group) is 1. The first-order valence-electron chi connectivity index (χ1n) is 6.84. The number of hydrogen-bond donors (Lipinski definition) is 1. The molecular weight excluding hydrogens is 282 g/mol. The lowest BCUT2D eigenvalue weighted by atomic mass is 10.1. The van der Waals surface area contributed by atoms with E-state index in [9.17, 15) is 4.79 Å². The lowest BCUT2D eigenvalue weighted by Crippen LogP contribution is -2.27. The van der Waals surface area contributed by atoms with Crippen LogP contribution in [0.15, 0.2) is 36.7 Å². The summed E-state index contributed by atoms with van der Waals surface area (Å²) < 4.78 is 0. The van der Waals surface area contributed by atoms with Gasteiger partial charge in [0.2, 0.25) is 5.91 Å². The van der Waals surface area contributed by atoms with Gasteiger partial charge in [-0.1, -0.05) is 18.2 Å². The van der Waals surface area contributed by atoms with E-state index in [4.69, 9.17) is 0 Å². The average molecular weight is 299 g/mol. The average Bonchev–Trinajstić information content (AvgIpc) is 3.06. The van der Waals surface area contributed by atoms with Crippen LogP contribution in [0.4, 0.5) is 0 Å². The SMILES string of the molecule is Cc1ncc(CN(C)C(=O)Cc2c[nH]c3ccccc23)s1. The normalized spacial score (nSPS) is 11.0. The minimum atomic E-state index is 0.116. The molecule has 0 aliphatic heterocycles. The maximum Gasteiger partial charge on any atom is 0.227 e. The number of carbonyl (C=O) groups excluding carboxylic acids is 1. The van der Waals surface area contributed by atoms with Gasteiger partial charge in [0, 0.05) is 35.2 Å². The Kier molecular flexibility index (Phi) is 3.75. The standard InChI is InChI=1S/C16H17N3OS/c1-11-17-9-13(21-11)10-19(2)16(20)7-12-8-18-15-6-4-3-5-14(12)15/h3-6,8-9,18H,7,10H2,1-2H3. The molecule has 0 bridgehead atoms. The van der Waals surface area contributed by atoms with Crippen LogP contribution in [0.2, 0.25) is 0 Å². The van der Waals surface area contributed by atoms with Crippen molar-refractivity contribution in [1.82, 2.24) is 14.9 Å².